The second-order valence-electron chi connectivity index (χ2n) is 6.15. The van der Waals surface area contributed by atoms with E-state index in [4.69, 9.17) is 9.47 Å². The van der Waals surface area contributed by atoms with Crippen LogP contribution < -0.4 is 14.8 Å². The van der Waals surface area contributed by atoms with Crippen molar-refractivity contribution >= 4 is 11.6 Å². The molecule has 3 aromatic carbocycles. The van der Waals surface area contributed by atoms with Gasteiger partial charge < -0.3 is 14.8 Å². The summed E-state index contributed by atoms with van der Waals surface area (Å²) in [5.41, 5.74) is 1.43. The van der Waals surface area contributed by atoms with Crippen molar-refractivity contribution < 1.29 is 23.0 Å². The molecule has 0 saturated carbocycles. The minimum Gasteiger partial charge on any atom is -0.493 e. The molecule has 6 heteroatoms. The van der Waals surface area contributed by atoms with Crippen LogP contribution >= 0.6 is 0 Å². The van der Waals surface area contributed by atoms with Crippen molar-refractivity contribution in [3.05, 3.63) is 77.4 Å². The SMILES string of the molecule is COc1ccc(-c2cc(F)c(NC(=O)c3ccccc3C)c(F)c2)cc1OC. The van der Waals surface area contributed by atoms with Crippen molar-refractivity contribution in [1.29, 1.82) is 0 Å². The highest BCUT2D eigenvalue weighted by Gasteiger charge is 2.17. The molecule has 1 amide bonds. The van der Waals surface area contributed by atoms with E-state index < -0.39 is 23.2 Å². The number of carbonyl (C=O) groups is 1. The van der Waals surface area contributed by atoms with Gasteiger partial charge in [-0.25, -0.2) is 8.78 Å². The highest BCUT2D eigenvalue weighted by Crippen LogP contribution is 2.34. The van der Waals surface area contributed by atoms with Gasteiger partial charge in [0, 0.05) is 5.56 Å². The Balaban J connectivity index is 1.93. The lowest BCUT2D eigenvalue weighted by Gasteiger charge is -2.13. The van der Waals surface area contributed by atoms with Gasteiger partial charge >= 0.3 is 0 Å². The van der Waals surface area contributed by atoms with Gasteiger partial charge in [0.2, 0.25) is 0 Å². The second kappa shape index (κ2) is 8.08. The Labute approximate surface area is 161 Å². The van der Waals surface area contributed by atoms with Crippen molar-refractivity contribution in [2.24, 2.45) is 0 Å². The largest absolute Gasteiger partial charge is 0.493 e. The summed E-state index contributed by atoms with van der Waals surface area (Å²) in [7, 11) is 2.98. The molecule has 0 radical (unpaired) electrons. The zero-order valence-electron chi connectivity index (χ0n) is 15.7. The fourth-order valence-corrected chi connectivity index (χ4v) is 2.88. The molecular formula is C22H19F2NO3. The number of ether oxygens (including phenoxy) is 2. The number of nitrogens with one attached hydrogen (secondary N) is 1. The van der Waals surface area contributed by atoms with Gasteiger partial charge in [0.25, 0.3) is 5.91 Å². The fraction of sp³-hybridized carbons (Fsp3) is 0.136. The predicted octanol–water partition coefficient (Wildman–Crippen LogP) is 5.21. The number of hydrogen-bond acceptors (Lipinski definition) is 3. The van der Waals surface area contributed by atoms with Crippen molar-refractivity contribution in [1.82, 2.24) is 0 Å². The number of rotatable bonds is 5. The van der Waals surface area contributed by atoms with Gasteiger partial charge in [-0.15, -0.1) is 0 Å². The lowest BCUT2D eigenvalue weighted by atomic mass is 10.0. The molecule has 0 atom stereocenters. The average Bonchev–Trinajstić information content (AvgIpc) is 2.70. The molecule has 0 aliphatic heterocycles. The van der Waals surface area contributed by atoms with Crippen LogP contribution in [0.5, 0.6) is 11.5 Å². The topological polar surface area (TPSA) is 47.6 Å². The maximum absolute atomic E-state index is 14.6. The van der Waals surface area contributed by atoms with Gasteiger partial charge in [-0.3, -0.25) is 4.79 Å². The van der Waals surface area contributed by atoms with Crippen LogP contribution in [0.15, 0.2) is 54.6 Å². The van der Waals surface area contributed by atoms with Crippen LogP contribution in [0.2, 0.25) is 0 Å². The Hall–Kier alpha value is -3.41. The van der Waals surface area contributed by atoms with Crippen LogP contribution in [-0.4, -0.2) is 20.1 Å². The summed E-state index contributed by atoms with van der Waals surface area (Å²) < 4.78 is 39.6. The third kappa shape index (κ3) is 3.81. The molecule has 4 nitrogen and oxygen atoms in total. The molecule has 0 saturated heterocycles. The van der Waals surface area contributed by atoms with Crippen LogP contribution in [0.25, 0.3) is 11.1 Å². The van der Waals surface area contributed by atoms with E-state index in [-0.39, 0.29) is 0 Å². The summed E-state index contributed by atoms with van der Waals surface area (Å²) in [5, 5.41) is 2.32. The molecule has 0 bridgehead atoms. The maximum atomic E-state index is 14.6. The van der Waals surface area contributed by atoms with E-state index in [1.165, 1.54) is 14.2 Å². The lowest BCUT2D eigenvalue weighted by Crippen LogP contribution is -2.15. The molecular weight excluding hydrogens is 364 g/mol. The second-order valence-corrected chi connectivity index (χ2v) is 6.15. The van der Waals surface area contributed by atoms with Gasteiger partial charge in [0.05, 0.1) is 14.2 Å². The van der Waals surface area contributed by atoms with E-state index in [1.807, 2.05) is 0 Å². The summed E-state index contributed by atoms with van der Waals surface area (Å²) in [6.45, 7) is 1.75. The molecule has 1 N–H and O–H groups in total. The Morgan fingerprint density at radius 3 is 2.11 bits per heavy atom. The standard InChI is InChI=1S/C22H19F2NO3/c1-13-6-4-5-7-16(13)22(26)25-21-17(23)10-15(11-18(21)24)14-8-9-19(27-2)20(12-14)28-3/h4-12H,1-3H3,(H,25,26). The zero-order valence-corrected chi connectivity index (χ0v) is 15.7. The fourth-order valence-electron chi connectivity index (χ4n) is 2.88. The summed E-state index contributed by atoms with van der Waals surface area (Å²) in [6.07, 6.45) is 0. The quantitative estimate of drug-likeness (QED) is 0.658. The number of aryl methyl sites for hydroxylation is 1. The molecule has 0 spiro atoms. The van der Waals surface area contributed by atoms with Gasteiger partial charge in [-0.05, 0) is 53.9 Å². The summed E-state index contributed by atoms with van der Waals surface area (Å²) in [4.78, 5) is 12.4. The highest BCUT2D eigenvalue weighted by molar-refractivity contribution is 6.05. The van der Waals surface area contributed by atoms with E-state index >= 15 is 0 Å². The number of hydrogen-bond donors (Lipinski definition) is 1. The molecule has 0 heterocycles. The van der Waals surface area contributed by atoms with Crippen molar-refractivity contribution in [3.8, 4) is 22.6 Å². The first-order valence-corrected chi connectivity index (χ1v) is 8.53. The average molecular weight is 383 g/mol. The summed E-state index contributed by atoms with van der Waals surface area (Å²) in [5.74, 6) is -1.36. The third-order valence-corrected chi connectivity index (χ3v) is 4.39. The van der Waals surface area contributed by atoms with E-state index in [0.717, 1.165) is 12.1 Å². The molecule has 144 valence electrons. The number of halogens is 2. The zero-order chi connectivity index (χ0) is 20.3. The van der Waals surface area contributed by atoms with E-state index in [2.05, 4.69) is 5.32 Å². The van der Waals surface area contributed by atoms with E-state index in [1.54, 1.807) is 49.4 Å². The predicted molar refractivity (Wildman–Crippen MR) is 104 cm³/mol. The maximum Gasteiger partial charge on any atom is 0.256 e. The van der Waals surface area contributed by atoms with Crippen LogP contribution in [0, 0.1) is 18.6 Å². The minimum absolute atomic E-state index is 0.310. The van der Waals surface area contributed by atoms with Crippen LogP contribution in [0.4, 0.5) is 14.5 Å². The van der Waals surface area contributed by atoms with Gasteiger partial charge in [0.15, 0.2) is 11.5 Å². The van der Waals surface area contributed by atoms with Gasteiger partial charge in [-0.2, -0.15) is 0 Å². The Morgan fingerprint density at radius 2 is 1.50 bits per heavy atom. The lowest BCUT2D eigenvalue weighted by molar-refractivity contribution is 0.102. The molecule has 28 heavy (non-hydrogen) atoms. The number of carbonyl (C=O) groups excluding carboxylic acids is 1. The Bertz CT molecular complexity index is 1010. The number of benzene rings is 3. The molecule has 0 fully saturated rings. The van der Waals surface area contributed by atoms with Crippen molar-refractivity contribution in [3.63, 3.8) is 0 Å². The normalized spacial score (nSPS) is 10.5. The number of amides is 1. The van der Waals surface area contributed by atoms with Gasteiger partial charge in [-0.1, -0.05) is 24.3 Å². The highest BCUT2D eigenvalue weighted by atomic mass is 19.1. The smallest absolute Gasteiger partial charge is 0.256 e. The summed E-state index contributed by atoms with van der Waals surface area (Å²) in [6, 6.07) is 14.1. The van der Waals surface area contributed by atoms with Gasteiger partial charge in [0.1, 0.15) is 17.3 Å². The molecule has 0 aliphatic rings. The number of anilines is 1. The first-order valence-electron chi connectivity index (χ1n) is 8.53. The number of methoxy groups -OCH3 is 2. The van der Waals surface area contributed by atoms with E-state index in [0.29, 0.717) is 33.8 Å². The molecule has 3 aromatic rings. The summed E-state index contributed by atoms with van der Waals surface area (Å²) >= 11 is 0. The molecule has 0 aliphatic carbocycles. The van der Waals surface area contributed by atoms with E-state index in [9.17, 15) is 13.6 Å². The molecule has 0 unspecified atom stereocenters. The monoisotopic (exact) mass is 383 g/mol. The Kier molecular flexibility index (Phi) is 5.59. The Morgan fingerprint density at radius 1 is 0.857 bits per heavy atom. The molecule has 0 aromatic heterocycles. The third-order valence-electron chi connectivity index (χ3n) is 4.39. The van der Waals surface area contributed by atoms with Crippen molar-refractivity contribution in [2.45, 2.75) is 6.92 Å². The minimum atomic E-state index is -0.869. The first kappa shape index (κ1) is 19.4. The van der Waals surface area contributed by atoms with Crippen LogP contribution in [-0.2, 0) is 0 Å². The van der Waals surface area contributed by atoms with Crippen LogP contribution in [0.1, 0.15) is 15.9 Å². The molecule has 3 rings (SSSR count). The first-order chi connectivity index (χ1) is 13.4. The van der Waals surface area contributed by atoms with Crippen LogP contribution in [0.3, 0.4) is 0 Å². The van der Waals surface area contributed by atoms with Crippen molar-refractivity contribution in [2.75, 3.05) is 19.5 Å².